The standard InChI is InChI=1S/C13H15BrN2O/c1-3-13(17,12-7-8-15-16(12)2)10-5-4-6-11(14)9-10/h4-9,17H,3H2,1-2H3. The van der Waals surface area contributed by atoms with Crippen LogP contribution in [0.5, 0.6) is 0 Å². The van der Waals surface area contributed by atoms with Crippen molar-refractivity contribution in [3.05, 3.63) is 52.3 Å². The molecule has 1 aromatic heterocycles. The van der Waals surface area contributed by atoms with Crippen molar-refractivity contribution in [1.82, 2.24) is 9.78 Å². The Hall–Kier alpha value is -1.13. The van der Waals surface area contributed by atoms with Crippen molar-refractivity contribution < 1.29 is 5.11 Å². The van der Waals surface area contributed by atoms with Gasteiger partial charge in [-0.3, -0.25) is 4.68 Å². The second kappa shape index (κ2) is 4.63. The van der Waals surface area contributed by atoms with Crippen molar-refractivity contribution in [3.8, 4) is 0 Å². The number of benzene rings is 1. The lowest BCUT2D eigenvalue weighted by Crippen LogP contribution is -2.29. The highest BCUT2D eigenvalue weighted by Crippen LogP contribution is 2.33. The third-order valence-electron chi connectivity index (χ3n) is 3.06. The second-order valence-corrected chi connectivity index (χ2v) is 4.98. The number of nitrogens with zero attached hydrogens (tertiary/aromatic N) is 2. The number of rotatable bonds is 3. The molecular weight excluding hydrogens is 280 g/mol. The first-order valence-corrected chi connectivity index (χ1v) is 6.34. The molecule has 0 aliphatic carbocycles. The molecule has 0 bridgehead atoms. The highest BCUT2D eigenvalue weighted by atomic mass is 79.9. The SMILES string of the molecule is CCC(O)(c1cccc(Br)c1)c1ccnn1C. The number of aryl methyl sites for hydroxylation is 1. The summed E-state index contributed by atoms with van der Waals surface area (Å²) in [4.78, 5) is 0. The van der Waals surface area contributed by atoms with Gasteiger partial charge in [-0.2, -0.15) is 5.10 Å². The molecule has 3 nitrogen and oxygen atoms in total. The normalized spacial score (nSPS) is 14.6. The van der Waals surface area contributed by atoms with Crippen molar-refractivity contribution in [1.29, 1.82) is 0 Å². The highest BCUT2D eigenvalue weighted by Gasteiger charge is 2.32. The van der Waals surface area contributed by atoms with E-state index in [4.69, 9.17) is 0 Å². The molecule has 0 aliphatic heterocycles. The van der Waals surface area contributed by atoms with Crippen LogP contribution in [0.15, 0.2) is 41.0 Å². The van der Waals surface area contributed by atoms with Crippen molar-refractivity contribution >= 4 is 15.9 Å². The average Bonchev–Trinajstić information content (AvgIpc) is 2.75. The van der Waals surface area contributed by atoms with Gasteiger partial charge in [-0.05, 0) is 30.2 Å². The van der Waals surface area contributed by atoms with E-state index in [0.29, 0.717) is 6.42 Å². The van der Waals surface area contributed by atoms with E-state index < -0.39 is 5.60 Å². The van der Waals surface area contributed by atoms with E-state index >= 15 is 0 Å². The quantitative estimate of drug-likeness (QED) is 0.945. The number of aliphatic hydroxyl groups is 1. The van der Waals surface area contributed by atoms with Crippen molar-refractivity contribution in [3.63, 3.8) is 0 Å². The molecular formula is C13H15BrN2O. The van der Waals surface area contributed by atoms with E-state index in [1.807, 2.05) is 44.3 Å². The van der Waals surface area contributed by atoms with E-state index in [1.165, 1.54) is 0 Å². The largest absolute Gasteiger partial charge is 0.379 e. The summed E-state index contributed by atoms with van der Waals surface area (Å²) in [7, 11) is 1.84. The lowest BCUT2D eigenvalue weighted by molar-refractivity contribution is 0.0676. The Morgan fingerprint density at radius 1 is 1.41 bits per heavy atom. The van der Waals surface area contributed by atoms with Gasteiger partial charge in [0.1, 0.15) is 5.60 Å². The van der Waals surface area contributed by atoms with Gasteiger partial charge in [0.2, 0.25) is 0 Å². The maximum Gasteiger partial charge on any atom is 0.131 e. The molecule has 0 saturated carbocycles. The molecule has 1 heterocycles. The monoisotopic (exact) mass is 294 g/mol. The molecule has 2 rings (SSSR count). The van der Waals surface area contributed by atoms with Gasteiger partial charge in [-0.1, -0.05) is 35.0 Å². The van der Waals surface area contributed by atoms with Crippen LogP contribution in [0.25, 0.3) is 0 Å². The Bertz CT molecular complexity index is 524. The Kier molecular flexibility index (Phi) is 3.35. The predicted octanol–water partition coefficient (Wildman–Crippen LogP) is 2.83. The Morgan fingerprint density at radius 2 is 2.18 bits per heavy atom. The van der Waals surface area contributed by atoms with Gasteiger partial charge in [0.15, 0.2) is 0 Å². The number of aromatic nitrogens is 2. The lowest BCUT2D eigenvalue weighted by Gasteiger charge is -2.27. The topological polar surface area (TPSA) is 38.1 Å². The minimum atomic E-state index is -0.991. The zero-order chi connectivity index (χ0) is 12.5. The molecule has 17 heavy (non-hydrogen) atoms. The molecule has 0 fully saturated rings. The molecule has 1 N–H and O–H groups in total. The van der Waals surface area contributed by atoms with Gasteiger partial charge in [-0.15, -0.1) is 0 Å². The summed E-state index contributed by atoms with van der Waals surface area (Å²) >= 11 is 3.43. The molecule has 0 aliphatic rings. The van der Waals surface area contributed by atoms with Gasteiger partial charge in [0, 0.05) is 17.7 Å². The van der Waals surface area contributed by atoms with Crippen molar-refractivity contribution in [2.45, 2.75) is 18.9 Å². The number of hydrogen-bond acceptors (Lipinski definition) is 2. The van der Waals surface area contributed by atoms with Crippen LogP contribution in [0.3, 0.4) is 0 Å². The van der Waals surface area contributed by atoms with Crippen LogP contribution < -0.4 is 0 Å². The van der Waals surface area contributed by atoms with E-state index in [-0.39, 0.29) is 0 Å². The minimum absolute atomic E-state index is 0.600. The first-order chi connectivity index (χ1) is 8.08. The fourth-order valence-electron chi connectivity index (χ4n) is 2.06. The molecule has 4 heteroatoms. The van der Waals surface area contributed by atoms with Gasteiger partial charge in [-0.25, -0.2) is 0 Å². The minimum Gasteiger partial charge on any atom is -0.379 e. The molecule has 1 unspecified atom stereocenters. The third kappa shape index (κ3) is 2.15. The second-order valence-electron chi connectivity index (χ2n) is 4.06. The summed E-state index contributed by atoms with van der Waals surface area (Å²) in [5, 5.41) is 15.0. The van der Waals surface area contributed by atoms with Gasteiger partial charge >= 0.3 is 0 Å². The predicted molar refractivity (Wildman–Crippen MR) is 70.6 cm³/mol. The first-order valence-electron chi connectivity index (χ1n) is 5.55. The van der Waals surface area contributed by atoms with E-state index in [9.17, 15) is 5.11 Å². The van der Waals surface area contributed by atoms with Crippen LogP contribution in [0.2, 0.25) is 0 Å². The number of halogens is 1. The summed E-state index contributed by atoms with van der Waals surface area (Å²) in [6, 6.07) is 9.60. The smallest absolute Gasteiger partial charge is 0.131 e. The molecule has 0 spiro atoms. The van der Waals surface area contributed by atoms with Crippen LogP contribution >= 0.6 is 15.9 Å². The fraction of sp³-hybridized carbons (Fsp3) is 0.308. The molecule has 90 valence electrons. The van der Waals surface area contributed by atoms with E-state index in [0.717, 1.165) is 15.7 Å². The van der Waals surface area contributed by atoms with Gasteiger partial charge in [0.05, 0.1) is 5.69 Å². The lowest BCUT2D eigenvalue weighted by atomic mass is 9.88. The average molecular weight is 295 g/mol. The first kappa shape index (κ1) is 12.3. The summed E-state index contributed by atoms with van der Waals surface area (Å²) in [6.07, 6.45) is 2.30. The van der Waals surface area contributed by atoms with Gasteiger partial charge in [0.25, 0.3) is 0 Å². The Balaban J connectivity index is 2.55. The maximum atomic E-state index is 10.9. The summed E-state index contributed by atoms with van der Waals surface area (Å²) < 4.78 is 2.67. The summed E-state index contributed by atoms with van der Waals surface area (Å²) in [5.41, 5.74) is 0.686. The fourth-order valence-corrected chi connectivity index (χ4v) is 2.46. The highest BCUT2D eigenvalue weighted by molar-refractivity contribution is 9.10. The van der Waals surface area contributed by atoms with Crippen LogP contribution in [-0.2, 0) is 12.6 Å². The molecule has 0 radical (unpaired) electrons. The summed E-state index contributed by atoms with van der Waals surface area (Å²) in [6.45, 7) is 1.97. The Labute approximate surface area is 109 Å². The maximum absolute atomic E-state index is 10.9. The van der Waals surface area contributed by atoms with E-state index in [1.54, 1.807) is 10.9 Å². The Morgan fingerprint density at radius 3 is 2.71 bits per heavy atom. The molecule has 0 saturated heterocycles. The molecule has 2 aromatic rings. The van der Waals surface area contributed by atoms with Crippen LogP contribution in [0.1, 0.15) is 24.6 Å². The molecule has 1 aromatic carbocycles. The zero-order valence-corrected chi connectivity index (χ0v) is 11.5. The van der Waals surface area contributed by atoms with Gasteiger partial charge < -0.3 is 5.11 Å². The van der Waals surface area contributed by atoms with Crippen LogP contribution in [0.4, 0.5) is 0 Å². The number of hydrogen-bond donors (Lipinski definition) is 1. The molecule has 1 atom stereocenters. The van der Waals surface area contributed by atoms with Crippen LogP contribution in [-0.4, -0.2) is 14.9 Å². The van der Waals surface area contributed by atoms with Crippen LogP contribution in [0, 0.1) is 0 Å². The third-order valence-corrected chi connectivity index (χ3v) is 3.55. The molecule has 0 amide bonds. The zero-order valence-electron chi connectivity index (χ0n) is 9.89. The summed E-state index contributed by atoms with van der Waals surface area (Å²) in [5.74, 6) is 0. The van der Waals surface area contributed by atoms with Crippen molar-refractivity contribution in [2.75, 3.05) is 0 Å². The van der Waals surface area contributed by atoms with Crippen molar-refractivity contribution in [2.24, 2.45) is 7.05 Å². The van der Waals surface area contributed by atoms with E-state index in [2.05, 4.69) is 21.0 Å².